The summed E-state index contributed by atoms with van der Waals surface area (Å²) < 4.78 is 10.4. The van der Waals surface area contributed by atoms with E-state index in [1.165, 1.54) is 12.8 Å². The SMILES string of the molecule is COc1ccc(C(=O)NCCNCC2CC3C=CC2C3)cc1OC. The molecule has 130 valence electrons. The third-order valence-corrected chi connectivity index (χ3v) is 5.06. The fourth-order valence-corrected chi connectivity index (χ4v) is 3.76. The van der Waals surface area contributed by atoms with Crippen molar-refractivity contribution in [1.29, 1.82) is 0 Å². The second-order valence-corrected chi connectivity index (χ2v) is 6.57. The van der Waals surface area contributed by atoms with Gasteiger partial charge in [0.15, 0.2) is 11.5 Å². The fourth-order valence-electron chi connectivity index (χ4n) is 3.76. The lowest BCUT2D eigenvalue weighted by atomic mass is 9.94. The Bertz CT molecular complexity index is 615. The molecule has 0 radical (unpaired) electrons. The van der Waals surface area contributed by atoms with Crippen LogP contribution in [0.3, 0.4) is 0 Å². The molecule has 0 heterocycles. The van der Waals surface area contributed by atoms with E-state index < -0.39 is 0 Å². The molecule has 0 aromatic heterocycles. The number of carbonyl (C=O) groups excluding carboxylic acids is 1. The molecule has 5 nitrogen and oxygen atoms in total. The van der Waals surface area contributed by atoms with Gasteiger partial charge in [0.1, 0.15) is 0 Å². The highest BCUT2D eigenvalue weighted by Gasteiger charge is 2.34. The van der Waals surface area contributed by atoms with Gasteiger partial charge in [-0.05, 0) is 55.3 Å². The van der Waals surface area contributed by atoms with E-state index >= 15 is 0 Å². The van der Waals surface area contributed by atoms with Crippen molar-refractivity contribution in [2.45, 2.75) is 12.8 Å². The average molecular weight is 330 g/mol. The van der Waals surface area contributed by atoms with Crippen molar-refractivity contribution >= 4 is 5.91 Å². The van der Waals surface area contributed by atoms with Crippen molar-refractivity contribution in [3.63, 3.8) is 0 Å². The summed E-state index contributed by atoms with van der Waals surface area (Å²) in [5.74, 6) is 3.43. The molecular weight excluding hydrogens is 304 g/mol. The molecule has 0 saturated heterocycles. The lowest BCUT2D eigenvalue weighted by Gasteiger charge is -2.18. The predicted octanol–water partition coefficient (Wildman–Crippen LogP) is 2.24. The van der Waals surface area contributed by atoms with Crippen molar-refractivity contribution in [2.75, 3.05) is 33.9 Å². The third kappa shape index (κ3) is 3.73. The monoisotopic (exact) mass is 330 g/mol. The van der Waals surface area contributed by atoms with E-state index in [1.807, 2.05) is 0 Å². The second-order valence-electron chi connectivity index (χ2n) is 6.57. The molecule has 3 atom stereocenters. The first-order valence-electron chi connectivity index (χ1n) is 8.60. The smallest absolute Gasteiger partial charge is 0.251 e. The number of hydrogen-bond donors (Lipinski definition) is 2. The van der Waals surface area contributed by atoms with Gasteiger partial charge in [0.2, 0.25) is 0 Å². The Morgan fingerprint density at radius 2 is 1.96 bits per heavy atom. The molecule has 1 amide bonds. The van der Waals surface area contributed by atoms with Gasteiger partial charge >= 0.3 is 0 Å². The van der Waals surface area contributed by atoms with E-state index in [0.717, 1.165) is 30.8 Å². The molecule has 3 rings (SSSR count). The van der Waals surface area contributed by atoms with Crippen LogP contribution in [0.1, 0.15) is 23.2 Å². The Morgan fingerprint density at radius 3 is 2.62 bits per heavy atom. The maximum Gasteiger partial charge on any atom is 0.251 e. The molecule has 0 spiro atoms. The number of ether oxygens (including phenoxy) is 2. The summed E-state index contributed by atoms with van der Waals surface area (Å²) in [6.07, 6.45) is 7.39. The first-order chi connectivity index (χ1) is 11.7. The van der Waals surface area contributed by atoms with Crippen molar-refractivity contribution < 1.29 is 14.3 Å². The van der Waals surface area contributed by atoms with Crippen LogP contribution in [0.25, 0.3) is 0 Å². The summed E-state index contributed by atoms with van der Waals surface area (Å²) >= 11 is 0. The van der Waals surface area contributed by atoms with Crippen LogP contribution in [0, 0.1) is 17.8 Å². The van der Waals surface area contributed by atoms with E-state index in [-0.39, 0.29) is 5.91 Å². The lowest BCUT2D eigenvalue weighted by Crippen LogP contribution is -2.34. The molecule has 1 aromatic rings. The van der Waals surface area contributed by atoms with E-state index in [2.05, 4.69) is 22.8 Å². The Morgan fingerprint density at radius 1 is 1.12 bits per heavy atom. The minimum absolute atomic E-state index is 0.0967. The highest BCUT2D eigenvalue weighted by Crippen LogP contribution is 2.42. The van der Waals surface area contributed by atoms with Crippen molar-refractivity contribution in [1.82, 2.24) is 10.6 Å². The highest BCUT2D eigenvalue weighted by molar-refractivity contribution is 5.94. The molecule has 0 aliphatic heterocycles. The molecule has 1 fully saturated rings. The molecule has 1 saturated carbocycles. The number of nitrogens with one attached hydrogen (secondary N) is 2. The Balaban J connectivity index is 1.39. The van der Waals surface area contributed by atoms with E-state index in [9.17, 15) is 4.79 Å². The van der Waals surface area contributed by atoms with E-state index in [1.54, 1.807) is 32.4 Å². The molecule has 3 unspecified atom stereocenters. The molecule has 2 N–H and O–H groups in total. The zero-order valence-corrected chi connectivity index (χ0v) is 14.4. The van der Waals surface area contributed by atoms with Gasteiger partial charge in [-0.1, -0.05) is 12.2 Å². The average Bonchev–Trinajstić information content (AvgIpc) is 3.23. The largest absolute Gasteiger partial charge is 0.493 e. The van der Waals surface area contributed by atoms with E-state index in [0.29, 0.717) is 23.6 Å². The minimum Gasteiger partial charge on any atom is -0.493 e. The maximum absolute atomic E-state index is 12.2. The molecule has 2 aliphatic carbocycles. The number of rotatable bonds is 8. The molecule has 2 aliphatic rings. The fraction of sp³-hybridized carbons (Fsp3) is 0.526. The molecular formula is C19H26N2O3. The van der Waals surface area contributed by atoms with Gasteiger partial charge < -0.3 is 20.1 Å². The number of allylic oxidation sites excluding steroid dienone is 2. The number of hydrogen-bond acceptors (Lipinski definition) is 4. The summed E-state index contributed by atoms with van der Waals surface area (Å²) in [4.78, 5) is 12.2. The van der Waals surface area contributed by atoms with Crippen LogP contribution in [0.5, 0.6) is 11.5 Å². The zero-order chi connectivity index (χ0) is 16.9. The van der Waals surface area contributed by atoms with Crippen LogP contribution >= 0.6 is 0 Å². The summed E-state index contributed by atoms with van der Waals surface area (Å²) in [6.45, 7) is 2.44. The van der Waals surface area contributed by atoms with Crippen molar-refractivity contribution in [3.05, 3.63) is 35.9 Å². The summed E-state index contributed by atoms with van der Waals surface area (Å²) in [5, 5.41) is 6.40. The summed E-state index contributed by atoms with van der Waals surface area (Å²) in [6, 6.07) is 5.18. The first kappa shape index (κ1) is 16.8. The van der Waals surface area contributed by atoms with Crippen LogP contribution < -0.4 is 20.1 Å². The van der Waals surface area contributed by atoms with Crippen LogP contribution in [0.15, 0.2) is 30.4 Å². The van der Waals surface area contributed by atoms with Gasteiger partial charge in [0.25, 0.3) is 5.91 Å². The topological polar surface area (TPSA) is 59.6 Å². The summed E-state index contributed by atoms with van der Waals surface area (Å²) in [5.41, 5.74) is 0.575. The number of methoxy groups -OCH3 is 2. The van der Waals surface area contributed by atoms with Gasteiger partial charge in [-0.3, -0.25) is 4.79 Å². The van der Waals surface area contributed by atoms with Gasteiger partial charge in [-0.15, -0.1) is 0 Å². The molecule has 24 heavy (non-hydrogen) atoms. The minimum atomic E-state index is -0.0967. The number of amides is 1. The second kappa shape index (κ2) is 7.71. The number of carbonyl (C=O) groups is 1. The van der Waals surface area contributed by atoms with Crippen LogP contribution in [-0.4, -0.2) is 39.8 Å². The van der Waals surface area contributed by atoms with Gasteiger partial charge in [-0.25, -0.2) is 0 Å². The quantitative estimate of drug-likeness (QED) is 0.567. The predicted molar refractivity (Wildman–Crippen MR) is 93.6 cm³/mol. The van der Waals surface area contributed by atoms with Crippen LogP contribution in [0.4, 0.5) is 0 Å². The third-order valence-electron chi connectivity index (χ3n) is 5.06. The Kier molecular flexibility index (Phi) is 5.41. The highest BCUT2D eigenvalue weighted by atomic mass is 16.5. The van der Waals surface area contributed by atoms with Crippen LogP contribution in [-0.2, 0) is 0 Å². The molecule has 2 bridgehead atoms. The van der Waals surface area contributed by atoms with E-state index in [4.69, 9.17) is 9.47 Å². The lowest BCUT2D eigenvalue weighted by molar-refractivity contribution is 0.0953. The van der Waals surface area contributed by atoms with Gasteiger partial charge in [0.05, 0.1) is 14.2 Å². The zero-order valence-electron chi connectivity index (χ0n) is 14.4. The Hall–Kier alpha value is -2.01. The van der Waals surface area contributed by atoms with Gasteiger partial charge in [-0.2, -0.15) is 0 Å². The van der Waals surface area contributed by atoms with Crippen molar-refractivity contribution in [3.8, 4) is 11.5 Å². The standard InChI is InChI=1S/C19H26N2O3/c1-23-17-6-5-15(11-18(17)24-2)19(22)21-8-7-20-12-16-10-13-3-4-14(16)9-13/h3-6,11,13-14,16,20H,7-10,12H2,1-2H3,(H,21,22). The molecule has 5 heteroatoms. The Labute approximate surface area is 143 Å². The van der Waals surface area contributed by atoms with Gasteiger partial charge in [0, 0.05) is 18.7 Å². The van der Waals surface area contributed by atoms with Crippen molar-refractivity contribution in [2.24, 2.45) is 17.8 Å². The number of fused-ring (bicyclic) bond motifs is 2. The normalized spacial score (nSPS) is 24.2. The first-order valence-corrected chi connectivity index (χ1v) is 8.60. The number of benzene rings is 1. The summed E-state index contributed by atoms with van der Waals surface area (Å²) in [7, 11) is 3.14. The van der Waals surface area contributed by atoms with Crippen LogP contribution in [0.2, 0.25) is 0 Å². The molecule has 1 aromatic carbocycles. The maximum atomic E-state index is 12.2.